The summed E-state index contributed by atoms with van der Waals surface area (Å²) in [5, 5.41) is 9.13. The van der Waals surface area contributed by atoms with Crippen molar-refractivity contribution in [2.45, 2.75) is 32.1 Å². The van der Waals surface area contributed by atoms with Gasteiger partial charge in [-0.15, -0.1) is 0 Å². The number of pyridine rings is 1. The molecule has 5 nitrogen and oxygen atoms in total. The molecule has 124 valence electrons. The van der Waals surface area contributed by atoms with Gasteiger partial charge in [0.1, 0.15) is 0 Å². The number of aromatic carboxylic acids is 1. The molecule has 1 aromatic heterocycles. The van der Waals surface area contributed by atoms with Crippen molar-refractivity contribution in [1.29, 1.82) is 0 Å². The Bertz CT molecular complexity index is 750. The smallest absolute Gasteiger partial charge is 0.335 e. The fourth-order valence-electron chi connectivity index (χ4n) is 3.22. The molecule has 0 atom stereocenters. The van der Waals surface area contributed by atoms with Gasteiger partial charge in [-0.25, -0.2) is 14.8 Å². The van der Waals surface area contributed by atoms with E-state index in [2.05, 4.69) is 4.98 Å². The minimum absolute atomic E-state index is 0.192. The van der Waals surface area contributed by atoms with E-state index in [-0.39, 0.29) is 5.56 Å². The Hall–Kier alpha value is -2.69. The van der Waals surface area contributed by atoms with Crippen molar-refractivity contribution in [3.63, 3.8) is 0 Å². The maximum Gasteiger partial charge on any atom is 0.335 e. The van der Waals surface area contributed by atoms with Crippen molar-refractivity contribution in [2.75, 3.05) is 5.73 Å². The number of anilines is 1. The predicted octanol–water partition coefficient (Wildman–Crippen LogP) is 4.06. The molecular formula is C19H21N3O2. The van der Waals surface area contributed by atoms with Crippen LogP contribution in [0.5, 0.6) is 0 Å². The fourth-order valence-corrected chi connectivity index (χ4v) is 3.22. The van der Waals surface area contributed by atoms with Crippen LogP contribution < -0.4 is 5.73 Å². The van der Waals surface area contributed by atoms with Crippen LogP contribution in [0.15, 0.2) is 47.6 Å². The predicted molar refractivity (Wildman–Crippen MR) is 94.8 cm³/mol. The Balaban J connectivity index is 2.04. The third kappa shape index (κ3) is 3.62. The van der Waals surface area contributed by atoms with Gasteiger partial charge in [-0.1, -0.05) is 31.4 Å². The highest BCUT2D eigenvalue weighted by atomic mass is 16.4. The Morgan fingerprint density at radius 2 is 1.96 bits per heavy atom. The summed E-state index contributed by atoms with van der Waals surface area (Å²) in [4.78, 5) is 20.2. The van der Waals surface area contributed by atoms with Crippen LogP contribution in [0.4, 0.5) is 11.5 Å². The molecule has 1 saturated carbocycles. The second-order valence-electron chi connectivity index (χ2n) is 6.13. The average Bonchev–Trinajstić information content (AvgIpc) is 2.61. The minimum Gasteiger partial charge on any atom is -0.478 e. The van der Waals surface area contributed by atoms with Crippen molar-refractivity contribution in [2.24, 2.45) is 10.9 Å². The SMILES string of the molecule is Nc1cc(C(=O)O)ccc1C(=Nc1ccccn1)C1CCCCC1. The summed E-state index contributed by atoms with van der Waals surface area (Å²) in [6, 6.07) is 10.5. The molecule has 3 N–H and O–H groups in total. The Labute approximate surface area is 141 Å². The summed E-state index contributed by atoms with van der Waals surface area (Å²) < 4.78 is 0. The lowest BCUT2D eigenvalue weighted by Gasteiger charge is -2.24. The molecule has 1 aliphatic rings. The molecule has 2 aromatic rings. The van der Waals surface area contributed by atoms with Crippen LogP contribution in [0.2, 0.25) is 0 Å². The molecule has 1 aliphatic carbocycles. The lowest BCUT2D eigenvalue weighted by Crippen LogP contribution is -2.20. The topological polar surface area (TPSA) is 88.6 Å². The molecule has 1 heterocycles. The summed E-state index contributed by atoms with van der Waals surface area (Å²) in [5.74, 6) is 0.00708. The van der Waals surface area contributed by atoms with Crippen LogP contribution >= 0.6 is 0 Å². The maximum atomic E-state index is 11.1. The molecule has 3 rings (SSSR count). The molecule has 0 amide bonds. The van der Waals surface area contributed by atoms with Crippen LogP contribution in [-0.4, -0.2) is 21.8 Å². The van der Waals surface area contributed by atoms with Crippen LogP contribution in [0, 0.1) is 5.92 Å². The molecule has 0 saturated heterocycles. The van der Waals surface area contributed by atoms with Crippen LogP contribution in [0.25, 0.3) is 0 Å². The molecular weight excluding hydrogens is 302 g/mol. The first kappa shape index (κ1) is 16.2. The first-order valence-corrected chi connectivity index (χ1v) is 8.28. The monoisotopic (exact) mass is 323 g/mol. The number of nitrogens with two attached hydrogens (primary N) is 1. The third-order valence-electron chi connectivity index (χ3n) is 4.45. The van der Waals surface area contributed by atoms with E-state index in [1.807, 2.05) is 18.2 Å². The minimum atomic E-state index is -0.978. The largest absolute Gasteiger partial charge is 0.478 e. The number of hydrogen-bond donors (Lipinski definition) is 2. The van der Waals surface area contributed by atoms with Crippen molar-refractivity contribution >= 4 is 23.2 Å². The zero-order valence-electron chi connectivity index (χ0n) is 13.5. The molecule has 5 heteroatoms. The van der Waals surface area contributed by atoms with E-state index in [0.29, 0.717) is 17.4 Å². The molecule has 1 fully saturated rings. The number of aliphatic imine (C=N–C) groups is 1. The Kier molecular flexibility index (Phi) is 4.89. The van der Waals surface area contributed by atoms with Gasteiger partial charge in [0.25, 0.3) is 0 Å². The molecule has 0 bridgehead atoms. The molecule has 0 aliphatic heterocycles. The summed E-state index contributed by atoms with van der Waals surface area (Å²) in [5.41, 5.74) is 8.54. The van der Waals surface area contributed by atoms with Gasteiger partial charge in [0.15, 0.2) is 5.82 Å². The lowest BCUT2D eigenvalue weighted by molar-refractivity contribution is 0.0697. The highest BCUT2D eigenvalue weighted by Crippen LogP contribution is 2.31. The zero-order chi connectivity index (χ0) is 16.9. The van der Waals surface area contributed by atoms with Crippen molar-refractivity contribution in [1.82, 2.24) is 4.98 Å². The van der Waals surface area contributed by atoms with E-state index in [1.54, 1.807) is 18.3 Å². The van der Waals surface area contributed by atoms with E-state index in [0.717, 1.165) is 24.1 Å². The van der Waals surface area contributed by atoms with Crippen molar-refractivity contribution < 1.29 is 9.90 Å². The number of carbonyl (C=O) groups is 1. The first-order valence-electron chi connectivity index (χ1n) is 8.28. The maximum absolute atomic E-state index is 11.1. The number of aromatic nitrogens is 1. The Morgan fingerprint density at radius 1 is 1.17 bits per heavy atom. The Morgan fingerprint density at radius 3 is 2.58 bits per heavy atom. The average molecular weight is 323 g/mol. The number of hydrogen-bond acceptors (Lipinski definition) is 4. The van der Waals surface area contributed by atoms with Crippen molar-refractivity contribution in [3.8, 4) is 0 Å². The molecule has 0 radical (unpaired) electrons. The van der Waals surface area contributed by atoms with E-state index < -0.39 is 5.97 Å². The molecule has 0 unspecified atom stereocenters. The van der Waals surface area contributed by atoms with Gasteiger partial charge < -0.3 is 10.8 Å². The number of nitrogen functional groups attached to an aromatic ring is 1. The normalized spacial score (nSPS) is 16.1. The second-order valence-corrected chi connectivity index (χ2v) is 6.13. The second kappa shape index (κ2) is 7.25. The van der Waals surface area contributed by atoms with Gasteiger partial charge in [-0.3, -0.25) is 0 Å². The van der Waals surface area contributed by atoms with Gasteiger partial charge in [0.05, 0.1) is 11.3 Å². The van der Waals surface area contributed by atoms with Gasteiger partial charge in [0.2, 0.25) is 0 Å². The summed E-state index contributed by atoms with van der Waals surface area (Å²) in [6.45, 7) is 0. The number of carboxylic acid groups (broad SMARTS) is 1. The number of benzene rings is 1. The van der Waals surface area contributed by atoms with Gasteiger partial charge >= 0.3 is 5.97 Å². The summed E-state index contributed by atoms with van der Waals surface area (Å²) in [6.07, 6.45) is 7.48. The highest BCUT2D eigenvalue weighted by molar-refractivity contribution is 6.08. The van der Waals surface area contributed by atoms with Gasteiger partial charge in [-0.05, 0) is 37.1 Å². The molecule has 0 spiro atoms. The number of carboxylic acids is 1. The fraction of sp³-hybridized carbons (Fsp3) is 0.316. The van der Waals surface area contributed by atoms with E-state index in [4.69, 9.17) is 15.8 Å². The quantitative estimate of drug-likeness (QED) is 0.656. The zero-order valence-corrected chi connectivity index (χ0v) is 13.5. The van der Waals surface area contributed by atoms with Crippen LogP contribution in [0.3, 0.4) is 0 Å². The molecule has 24 heavy (non-hydrogen) atoms. The van der Waals surface area contributed by atoms with Gasteiger partial charge in [-0.2, -0.15) is 0 Å². The summed E-state index contributed by atoms with van der Waals surface area (Å²) >= 11 is 0. The number of nitrogens with zero attached hydrogens (tertiary/aromatic N) is 2. The van der Waals surface area contributed by atoms with E-state index in [9.17, 15) is 4.79 Å². The lowest BCUT2D eigenvalue weighted by atomic mass is 9.82. The third-order valence-corrected chi connectivity index (χ3v) is 4.45. The van der Waals surface area contributed by atoms with E-state index >= 15 is 0 Å². The standard InChI is InChI=1S/C19H21N3O2/c20-16-12-14(19(23)24)9-10-15(16)18(13-6-2-1-3-7-13)22-17-8-4-5-11-21-17/h4-5,8-13H,1-3,6-7,20H2,(H,23,24). The van der Waals surface area contributed by atoms with Crippen LogP contribution in [0.1, 0.15) is 48.0 Å². The van der Waals surface area contributed by atoms with Crippen LogP contribution in [-0.2, 0) is 0 Å². The van der Waals surface area contributed by atoms with Crippen molar-refractivity contribution in [3.05, 3.63) is 53.7 Å². The number of rotatable bonds is 4. The summed E-state index contributed by atoms with van der Waals surface area (Å²) in [7, 11) is 0. The highest BCUT2D eigenvalue weighted by Gasteiger charge is 2.23. The molecule has 1 aromatic carbocycles. The van der Waals surface area contributed by atoms with E-state index in [1.165, 1.54) is 25.3 Å². The van der Waals surface area contributed by atoms with Gasteiger partial charge in [0, 0.05) is 23.4 Å². The first-order chi connectivity index (χ1) is 11.6.